The number of hydrogen-bond donors (Lipinski definition) is 2. The van der Waals surface area contributed by atoms with Crippen molar-refractivity contribution < 1.29 is 0 Å². The lowest BCUT2D eigenvalue weighted by molar-refractivity contribution is 0.527. The molecule has 0 unspecified atom stereocenters. The molecule has 2 aromatic rings. The quantitative estimate of drug-likeness (QED) is 0.846. The van der Waals surface area contributed by atoms with E-state index < -0.39 is 0 Å². The number of H-pyrrole nitrogens is 1. The normalized spacial score (nSPS) is 15.4. The Morgan fingerprint density at radius 1 is 1.37 bits per heavy atom. The van der Waals surface area contributed by atoms with Gasteiger partial charge in [-0.15, -0.1) is 0 Å². The lowest BCUT2D eigenvalue weighted by Crippen LogP contribution is -2.27. The van der Waals surface area contributed by atoms with Crippen molar-refractivity contribution in [1.29, 1.82) is 0 Å². The van der Waals surface area contributed by atoms with E-state index in [0.29, 0.717) is 34.3 Å². The summed E-state index contributed by atoms with van der Waals surface area (Å²) in [7, 11) is 0. The molecule has 0 saturated carbocycles. The maximum atomic E-state index is 11.9. The minimum Gasteiger partial charge on any atom is -0.309 e. The SMILES string of the molecule is O=c1[nH]c(CNC2CC=CC2)nc2cc(Cl)ccc12. The number of rotatable bonds is 3. The highest BCUT2D eigenvalue weighted by Gasteiger charge is 2.10. The van der Waals surface area contributed by atoms with Crippen molar-refractivity contribution in [2.24, 2.45) is 0 Å². The highest BCUT2D eigenvalue weighted by molar-refractivity contribution is 6.31. The lowest BCUT2D eigenvalue weighted by atomic mass is 10.2. The van der Waals surface area contributed by atoms with Crippen LogP contribution in [0.4, 0.5) is 0 Å². The van der Waals surface area contributed by atoms with Crippen LogP contribution in [0, 0.1) is 0 Å². The molecule has 0 atom stereocenters. The molecule has 0 saturated heterocycles. The van der Waals surface area contributed by atoms with Crippen LogP contribution < -0.4 is 10.9 Å². The number of halogens is 1. The largest absolute Gasteiger partial charge is 0.309 e. The molecular weight excluding hydrogens is 262 g/mol. The molecule has 1 aromatic heterocycles. The molecule has 1 aromatic carbocycles. The van der Waals surface area contributed by atoms with Crippen LogP contribution in [-0.2, 0) is 6.54 Å². The van der Waals surface area contributed by atoms with Crippen LogP contribution in [0.2, 0.25) is 5.02 Å². The van der Waals surface area contributed by atoms with Gasteiger partial charge in [-0.1, -0.05) is 23.8 Å². The monoisotopic (exact) mass is 275 g/mol. The van der Waals surface area contributed by atoms with Gasteiger partial charge in [0.2, 0.25) is 0 Å². The number of aromatic nitrogens is 2. The minimum absolute atomic E-state index is 0.122. The first kappa shape index (κ1) is 12.4. The third-order valence-electron chi connectivity index (χ3n) is 3.28. The molecule has 0 aliphatic heterocycles. The average molecular weight is 276 g/mol. The molecule has 0 bridgehead atoms. The van der Waals surface area contributed by atoms with Crippen LogP contribution in [0.3, 0.4) is 0 Å². The molecule has 19 heavy (non-hydrogen) atoms. The van der Waals surface area contributed by atoms with Crippen LogP contribution in [0.15, 0.2) is 35.1 Å². The van der Waals surface area contributed by atoms with Crippen LogP contribution in [0.25, 0.3) is 10.9 Å². The predicted molar refractivity (Wildman–Crippen MR) is 76.4 cm³/mol. The van der Waals surface area contributed by atoms with Gasteiger partial charge in [0.25, 0.3) is 5.56 Å². The van der Waals surface area contributed by atoms with Gasteiger partial charge in [0.05, 0.1) is 17.4 Å². The Labute approximate surface area is 115 Å². The fourth-order valence-corrected chi connectivity index (χ4v) is 2.44. The van der Waals surface area contributed by atoms with Crippen LogP contribution in [-0.4, -0.2) is 16.0 Å². The summed E-state index contributed by atoms with van der Waals surface area (Å²) in [5, 5.41) is 4.53. The molecule has 1 heterocycles. The van der Waals surface area contributed by atoms with Crippen molar-refractivity contribution in [3.05, 3.63) is 51.6 Å². The highest BCUT2D eigenvalue weighted by atomic mass is 35.5. The Kier molecular flexibility index (Phi) is 3.36. The summed E-state index contributed by atoms with van der Waals surface area (Å²) in [5.41, 5.74) is 0.514. The first-order valence-electron chi connectivity index (χ1n) is 6.29. The average Bonchev–Trinajstić information content (AvgIpc) is 2.89. The molecule has 0 fully saturated rings. The Morgan fingerprint density at radius 3 is 2.95 bits per heavy atom. The fourth-order valence-electron chi connectivity index (χ4n) is 2.27. The summed E-state index contributed by atoms with van der Waals surface area (Å²) in [6, 6.07) is 5.55. The van der Waals surface area contributed by atoms with E-state index in [1.54, 1.807) is 18.2 Å². The van der Waals surface area contributed by atoms with Crippen molar-refractivity contribution >= 4 is 22.5 Å². The zero-order chi connectivity index (χ0) is 13.2. The standard InChI is InChI=1S/C14H14ClN3O/c15-9-5-6-11-12(7-9)17-13(18-14(11)19)8-16-10-3-1-2-4-10/h1-2,5-7,10,16H,3-4,8H2,(H,17,18,19). The summed E-state index contributed by atoms with van der Waals surface area (Å²) < 4.78 is 0. The molecule has 0 amide bonds. The molecule has 0 radical (unpaired) electrons. The lowest BCUT2D eigenvalue weighted by Gasteiger charge is -2.11. The molecule has 3 rings (SSSR count). The van der Waals surface area contributed by atoms with Crippen molar-refractivity contribution in [2.75, 3.05) is 0 Å². The van der Waals surface area contributed by atoms with E-state index in [1.807, 2.05) is 0 Å². The number of hydrogen-bond acceptors (Lipinski definition) is 3. The van der Waals surface area contributed by atoms with Gasteiger partial charge >= 0.3 is 0 Å². The Morgan fingerprint density at radius 2 is 2.16 bits per heavy atom. The van der Waals surface area contributed by atoms with E-state index in [2.05, 4.69) is 27.4 Å². The molecule has 2 N–H and O–H groups in total. The van der Waals surface area contributed by atoms with Gasteiger partial charge in [0, 0.05) is 11.1 Å². The number of nitrogens with one attached hydrogen (secondary N) is 2. The maximum absolute atomic E-state index is 11.9. The number of nitrogens with zero attached hydrogens (tertiary/aromatic N) is 1. The fraction of sp³-hybridized carbons (Fsp3) is 0.286. The second kappa shape index (κ2) is 5.15. The van der Waals surface area contributed by atoms with E-state index in [9.17, 15) is 4.79 Å². The molecule has 4 nitrogen and oxygen atoms in total. The third-order valence-corrected chi connectivity index (χ3v) is 3.52. The van der Waals surface area contributed by atoms with Gasteiger partial charge < -0.3 is 10.3 Å². The predicted octanol–water partition coefficient (Wildman–Crippen LogP) is 2.38. The smallest absolute Gasteiger partial charge is 0.258 e. The van der Waals surface area contributed by atoms with Crippen molar-refractivity contribution in [3.63, 3.8) is 0 Å². The first-order chi connectivity index (χ1) is 9.22. The van der Waals surface area contributed by atoms with E-state index in [0.717, 1.165) is 12.8 Å². The summed E-state index contributed by atoms with van der Waals surface area (Å²) in [6.07, 6.45) is 6.38. The summed E-state index contributed by atoms with van der Waals surface area (Å²) >= 11 is 5.93. The topological polar surface area (TPSA) is 57.8 Å². The zero-order valence-corrected chi connectivity index (χ0v) is 11.1. The van der Waals surface area contributed by atoms with Gasteiger partial charge in [-0.3, -0.25) is 4.79 Å². The van der Waals surface area contributed by atoms with Crippen molar-refractivity contribution in [2.45, 2.75) is 25.4 Å². The molecule has 0 spiro atoms. The molecule has 1 aliphatic carbocycles. The van der Waals surface area contributed by atoms with Gasteiger partial charge in [0.15, 0.2) is 0 Å². The van der Waals surface area contributed by atoms with Crippen molar-refractivity contribution in [1.82, 2.24) is 15.3 Å². The molecule has 5 heteroatoms. The van der Waals surface area contributed by atoms with Crippen molar-refractivity contribution in [3.8, 4) is 0 Å². The molecular formula is C14H14ClN3O. The third kappa shape index (κ3) is 2.69. The van der Waals surface area contributed by atoms with E-state index in [4.69, 9.17) is 11.6 Å². The number of benzene rings is 1. The van der Waals surface area contributed by atoms with E-state index in [-0.39, 0.29) is 5.56 Å². The Hall–Kier alpha value is -1.65. The second-order valence-electron chi connectivity index (χ2n) is 4.69. The number of fused-ring (bicyclic) bond motifs is 1. The van der Waals surface area contributed by atoms with E-state index in [1.165, 1.54) is 0 Å². The zero-order valence-electron chi connectivity index (χ0n) is 10.3. The van der Waals surface area contributed by atoms with Gasteiger partial charge in [-0.05, 0) is 31.0 Å². The highest BCUT2D eigenvalue weighted by Crippen LogP contribution is 2.15. The maximum Gasteiger partial charge on any atom is 0.258 e. The van der Waals surface area contributed by atoms with E-state index >= 15 is 0 Å². The van der Waals surface area contributed by atoms with Crippen LogP contribution in [0.5, 0.6) is 0 Å². The first-order valence-corrected chi connectivity index (χ1v) is 6.67. The minimum atomic E-state index is -0.122. The van der Waals surface area contributed by atoms with Gasteiger partial charge in [-0.25, -0.2) is 4.98 Å². The Balaban J connectivity index is 1.85. The Bertz CT molecular complexity index is 685. The van der Waals surface area contributed by atoms with Gasteiger partial charge in [-0.2, -0.15) is 0 Å². The number of aromatic amines is 1. The summed E-state index contributed by atoms with van der Waals surface area (Å²) in [5.74, 6) is 0.645. The second-order valence-corrected chi connectivity index (χ2v) is 5.13. The molecule has 98 valence electrons. The van der Waals surface area contributed by atoms with Gasteiger partial charge in [0.1, 0.15) is 5.82 Å². The van der Waals surface area contributed by atoms with Crippen LogP contribution in [0.1, 0.15) is 18.7 Å². The summed E-state index contributed by atoms with van der Waals surface area (Å²) in [6.45, 7) is 0.560. The van der Waals surface area contributed by atoms with Crippen LogP contribution >= 0.6 is 11.6 Å². The molecule has 1 aliphatic rings. The summed E-state index contributed by atoms with van der Waals surface area (Å²) in [4.78, 5) is 19.2.